The number of pyridine rings is 1. The second-order valence-corrected chi connectivity index (χ2v) is 6.73. The van der Waals surface area contributed by atoms with Crippen LogP contribution in [0, 0.1) is 0 Å². The van der Waals surface area contributed by atoms with Crippen LogP contribution in [0.25, 0.3) is 22.1 Å². The highest BCUT2D eigenvalue weighted by Gasteiger charge is 2.12. The van der Waals surface area contributed by atoms with Gasteiger partial charge in [-0.25, -0.2) is 0 Å². The van der Waals surface area contributed by atoms with Crippen molar-refractivity contribution in [3.63, 3.8) is 0 Å². The van der Waals surface area contributed by atoms with Crippen LogP contribution >= 0.6 is 0 Å². The number of carboxylic acid groups (broad SMARTS) is 1. The highest BCUT2D eigenvalue weighted by Crippen LogP contribution is 2.32. The van der Waals surface area contributed by atoms with Gasteiger partial charge in [0, 0.05) is 29.3 Å². The fourth-order valence-electron chi connectivity index (χ4n) is 3.32. The largest absolute Gasteiger partial charge is 0.487 e. The molecule has 6 nitrogen and oxygen atoms in total. The van der Waals surface area contributed by atoms with E-state index in [1.54, 1.807) is 24.7 Å². The van der Waals surface area contributed by atoms with E-state index in [9.17, 15) is 4.79 Å². The Bertz CT molecular complexity index is 1170. The molecular weight excluding hydrogens is 368 g/mol. The fraction of sp³-hybridized carbons (Fsp3) is 0.130. The quantitative estimate of drug-likeness (QED) is 0.493. The summed E-state index contributed by atoms with van der Waals surface area (Å²) in [6.45, 7) is 0.744. The number of carboxylic acids is 1. The van der Waals surface area contributed by atoms with E-state index in [0.29, 0.717) is 17.9 Å². The van der Waals surface area contributed by atoms with Gasteiger partial charge in [0.05, 0.1) is 18.9 Å². The summed E-state index contributed by atoms with van der Waals surface area (Å²) in [6.07, 6.45) is 4.65. The molecule has 0 atom stereocenters. The highest BCUT2D eigenvalue weighted by molar-refractivity contribution is 5.93. The van der Waals surface area contributed by atoms with E-state index in [1.165, 1.54) is 0 Å². The summed E-state index contributed by atoms with van der Waals surface area (Å²) in [5.74, 6) is -0.447. The molecule has 0 aliphatic rings. The van der Waals surface area contributed by atoms with Gasteiger partial charge in [-0.15, -0.1) is 0 Å². The molecule has 0 aliphatic heterocycles. The number of nitrogens with two attached hydrogens (primary N) is 1. The van der Waals surface area contributed by atoms with Gasteiger partial charge in [-0.05, 0) is 47.0 Å². The normalized spacial score (nSPS) is 10.9. The minimum Gasteiger partial charge on any atom is -0.487 e. The van der Waals surface area contributed by atoms with Crippen molar-refractivity contribution >= 4 is 16.9 Å². The summed E-state index contributed by atoms with van der Waals surface area (Å²) < 4.78 is 11.6. The van der Waals surface area contributed by atoms with Crippen molar-refractivity contribution in [2.24, 2.45) is 5.73 Å². The number of hydrogen-bond acceptors (Lipinski definition) is 5. The Labute approximate surface area is 167 Å². The monoisotopic (exact) mass is 388 g/mol. The van der Waals surface area contributed by atoms with Gasteiger partial charge in [0.15, 0.2) is 0 Å². The maximum absolute atomic E-state index is 11.1. The maximum Gasteiger partial charge on any atom is 0.307 e. The van der Waals surface area contributed by atoms with E-state index in [2.05, 4.69) is 4.98 Å². The predicted molar refractivity (Wildman–Crippen MR) is 109 cm³/mol. The molecule has 3 N–H and O–H groups in total. The number of nitrogens with zero attached hydrogens (tertiary/aromatic N) is 1. The Kier molecular flexibility index (Phi) is 5.27. The SMILES string of the molecule is NCc1cccc(-c2cc(COc3cnccc3CC(=O)O)cc3ccoc23)c1. The molecule has 29 heavy (non-hydrogen) atoms. The Morgan fingerprint density at radius 1 is 1.14 bits per heavy atom. The van der Waals surface area contributed by atoms with Crippen molar-refractivity contribution in [2.75, 3.05) is 0 Å². The molecule has 4 aromatic rings. The number of hydrogen-bond donors (Lipinski definition) is 2. The van der Waals surface area contributed by atoms with Crippen LogP contribution in [0.2, 0.25) is 0 Å². The minimum absolute atomic E-state index is 0.115. The van der Waals surface area contributed by atoms with Crippen LogP contribution in [0.1, 0.15) is 16.7 Å². The second-order valence-electron chi connectivity index (χ2n) is 6.73. The number of fused-ring (bicyclic) bond motifs is 1. The number of benzene rings is 2. The molecule has 0 aliphatic carbocycles. The molecular formula is C23H20N2O4. The number of aromatic nitrogens is 1. The van der Waals surface area contributed by atoms with Crippen molar-refractivity contribution in [2.45, 2.75) is 19.6 Å². The average molecular weight is 388 g/mol. The molecule has 2 aromatic carbocycles. The lowest BCUT2D eigenvalue weighted by Gasteiger charge is -2.12. The van der Waals surface area contributed by atoms with Gasteiger partial charge in [-0.1, -0.05) is 18.2 Å². The van der Waals surface area contributed by atoms with Gasteiger partial charge in [0.1, 0.15) is 17.9 Å². The first-order valence-corrected chi connectivity index (χ1v) is 9.21. The Morgan fingerprint density at radius 3 is 2.86 bits per heavy atom. The van der Waals surface area contributed by atoms with Gasteiger partial charge in [-0.3, -0.25) is 9.78 Å². The smallest absolute Gasteiger partial charge is 0.307 e. The zero-order valence-corrected chi connectivity index (χ0v) is 15.7. The van der Waals surface area contributed by atoms with E-state index >= 15 is 0 Å². The average Bonchev–Trinajstić information content (AvgIpc) is 3.21. The number of ether oxygens (including phenoxy) is 1. The van der Waals surface area contributed by atoms with E-state index in [0.717, 1.165) is 33.2 Å². The molecule has 6 heteroatoms. The Hall–Kier alpha value is -3.64. The third-order valence-electron chi connectivity index (χ3n) is 4.69. The third-order valence-corrected chi connectivity index (χ3v) is 4.69. The molecule has 0 saturated carbocycles. The fourth-order valence-corrected chi connectivity index (χ4v) is 3.32. The molecule has 0 unspecified atom stereocenters. The van der Waals surface area contributed by atoms with Gasteiger partial charge >= 0.3 is 5.97 Å². The molecule has 0 spiro atoms. The van der Waals surface area contributed by atoms with Crippen molar-refractivity contribution < 1.29 is 19.1 Å². The molecule has 0 amide bonds. The molecule has 4 rings (SSSR count). The third kappa shape index (κ3) is 4.12. The molecule has 146 valence electrons. The van der Waals surface area contributed by atoms with Gasteiger partial charge in [0.2, 0.25) is 0 Å². The van der Waals surface area contributed by atoms with Gasteiger partial charge < -0.3 is 20.0 Å². The minimum atomic E-state index is -0.914. The predicted octanol–water partition coefficient (Wildman–Crippen LogP) is 4.16. The molecule has 2 aromatic heterocycles. The standard InChI is InChI=1S/C23H20N2O4/c24-12-15-2-1-3-17(8-15)20-10-16(9-19-5-7-28-23(19)20)14-29-21-13-25-6-4-18(21)11-22(26)27/h1-10,13H,11-12,14,24H2,(H,26,27). The van der Waals surface area contributed by atoms with E-state index in [1.807, 2.05) is 42.5 Å². The Balaban J connectivity index is 1.67. The molecule has 0 saturated heterocycles. The lowest BCUT2D eigenvalue weighted by atomic mass is 9.99. The summed E-state index contributed by atoms with van der Waals surface area (Å²) in [5.41, 5.74) is 11.1. The topological polar surface area (TPSA) is 98.6 Å². The first-order chi connectivity index (χ1) is 14.1. The van der Waals surface area contributed by atoms with Crippen molar-refractivity contribution in [1.29, 1.82) is 0 Å². The van der Waals surface area contributed by atoms with Crippen LogP contribution in [0.15, 0.2) is 71.6 Å². The van der Waals surface area contributed by atoms with E-state index < -0.39 is 5.97 Å². The lowest BCUT2D eigenvalue weighted by molar-refractivity contribution is -0.136. The second kappa shape index (κ2) is 8.16. The van der Waals surface area contributed by atoms with E-state index in [-0.39, 0.29) is 13.0 Å². The van der Waals surface area contributed by atoms with Crippen molar-refractivity contribution in [3.05, 3.63) is 83.9 Å². The van der Waals surface area contributed by atoms with Crippen LogP contribution in [-0.2, 0) is 24.4 Å². The number of furan rings is 1. The van der Waals surface area contributed by atoms with E-state index in [4.69, 9.17) is 20.0 Å². The van der Waals surface area contributed by atoms with Crippen molar-refractivity contribution in [3.8, 4) is 16.9 Å². The van der Waals surface area contributed by atoms with Crippen LogP contribution in [0.3, 0.4) is 0 Å². The number of carbonyl (C=O) groups is 1. The maximum atomic E-state index is 11.1. The van der Waals surface area contributed by atoms with Crippen LogP contribution in [-0.4, -0.2) is 16.1 Å². The van der Waals surface area contributed by atoms with Crippen LogP contribution in [0.4, 0.5) is 0 Å². The summed E-state index contributed by atoms with van der Waals surface area (Å²) in [7, 11) is 0. The first kappa shape index (κ1) is 18.7. The van der Waals surface area contributed by atoms with Crippen molar-refractivity contribution in [1.82, 2.24) is 4.98 Å². The lowest BCUT2D eigenvalue weighted by Crippen LogP contribution is -2.04. The molecule has 0 bridgehead atoms. The molecule has 0 radical (unpaired) electrons. The van der Waals surface area contributed by atoms with Gasteiger partial charge in [-0.2, -0.15) is 0 Å². The molecule has 0 fully saturated rings. The summed E-state index contributed by atoms with van der Waals surface area (Å²) in [5, 5.41) is 10.0. The number of aliphatic carboxylic acids is 1. The van der Waals surface area contributed by atoms with Gasteiger partial charge in [0.25, 0.3) is 0 Å². The summed E-state index contributed by atoms with van der Waals surface area (Å²) in [6, 6.07) is 15.6. The Morgan fingerprint density at radius 2 is 2.03 bits per heavy atom. The zero-order chi connectivity index (χ0) is 20.2. The van der Waals surface area contributed by atoms with Crippen LogP contribution in [0.5, 0.6) is 5.75 Å². The molecule has 2 heterocycles. The number of rotatable bonds is 7. The van der Waals surface area contributed by atoms with Crippen LogP contribution < -0.4 is 10.5 Å². The summed E-state index contributed by atoms with van der Waals surface area (Å²) in [4.78, 5) is 15.1. The first-order valence-electron chi connectivity index (χ1n) is 9.21. The zero-order valence-electron chi connectivity index (χ0n) is 15.7. The summed E-state index contributed by atoms with van der Waals surface area (Å²) >= 11 is 0. The highest BCUT2D eigenvalue weighted by atomic mass is 16.5.